The molecule has 0 aliphatic heterocycles. The molecule has 0 saturated carbocycles. The number of hydrogen-bond acceptors (Lipinski definition) is 2. The highest BCUT2D eigenvalue weighted by atomic mass is 79.9. The van der Waals surface area contributed by atoms with Crippen LogP contribution in [0.2, 0.25) is 5.02 Å². The molecule has 0 saturated heterocycles. The molecule has 2 aromatic carbocycles. The van der Waals surface area contributed by atoms with Crippen molar-refractivity contribution in [1.82, 2.24) is 0 Å². The van der Waals surface area contributed by atoms with Crippen LogP contribution in [0.15, 0.2) is 46.9 Å². The monoisotopic (exact) mass is 339 g/mol. The molecule has 0 aliphatic rings. The van der Waals surface area contributed by atoms with Gasteiger partial charge in [-0.05, 0) is 48.9 Å². The van der Waals surface area contributed by atoms with Crippen LogP contribution >= 0.6 is 27.5 Å². The standard InChI is InChI=1S/C15H15BrClNO/c1-11-2-7-15(14(17)10-11)18-8-9-19-13-5-3-12(16)4-6-13/h2-7,10,18H,8-9H2,1H3. The minimum absolute atomic E-state index is 0.589. The molecule has 4 heteroatoms. The van der Waals surface area contributed by atoms with Crippen molar-refractivity contribution in [3.05, 3.63) is 57.5 Å². The molecule has 19 heavy (non-hydrogen) atoms. The molecule has 2 rings (SSSR count). The first-order valence-corrected chi connectivity index (χ1v) is 7.20. The van der Waals surface area contributed by atoms with Gasteiger partial charge in [-0.15, -0.1) is 0 Å². The summed E-state index contributed by atoms with van der Waals surface area (Å²) in [6.45, 7) is 3.32. The third kappa shape index (κ3) is 4.44. The van der Waals surface area contributed by atoms with E-state index in [0.29, 0.717) is 13.2 Å². The third-order valence-corrected chi connectivity index (χ3v) is 3.47. The van der Waals surface area contributed by atoms with E-state index in [2.05, 4.69) is 21.2 Å². The fourth-order valence-corrected chi connectivity index (χ4v) is 2.22. The van der Waals surface area contributed by atoms with Crippen LogP contribution in [0.4, 0.5) is 5.69 Å². The number of halogens is 2. The summed E-state index contributed by atoms with van der Waals surface area (Å²) in [6, 6.07) is 13.7. The maximum absolute atomic E-state index is 6.13. The average Bonchev–Trinajstić information content (AvgIpc) is 2.39. The number of nitrogens with one attached hydrogen (secondary N) is 1. The smallest absolute Gasteiger partial charge is 0.119 e. The molecule has 1 N–H and O–H groups in total. The highest BCUT2D eigenvalue weighted by molar-refractivity contribution is 9.10. The number of benzene rings is 2. The van der Waals surface area contributed by atoms with E-state index in [-0.39, 0.29) is 0 Å². The summed E-state index contributed by atoms with van der Waals surface area (Å²) in [6.07, 6.45) is 0. The topological polar surface area (TPSA) is 21.3 Å². The Bertz CT molecular complexity index is 542. The molecule has 0 aliphatic carbocycles. The van der Waals surface area contributed by atoms with Crippen LogP contribution in [0.5, 0.6) is 5.75 Å². The SMILES string of the molecule is Cc1ccc(NCCOc2ccc(Br)cc2)c(Cl)c1. The van der Waals surface area contributed by atoms with Crippen LogP contribution in [0.3, 0.4) is 0 Å². The van der Waals surface area contributed by atoms with Crippen molar-refractivity contribution in [3.63, 3.8) is 0 Å². The van der Waals surface area contributed by atoms with Crippen LogP contribution in [0.25, 0.3) is 0 Å². The molecular formula is C15H15BrClNO. The number of aryl methyl sites for hydroxylation is 1. The Hall–Kier alpha value is -1.19. The summed E-state index contributed by atoms with van der Waals surface area (Å²) in [5.41, 5.74) is 2.09. The molecule has 0 unspecified atom stereocenters. The van der Waals surface area contributed by atoms with Crippen molar-refractivity contribution >= 4 is 33.2 Å². The zero-order valence-electron chi connectivity index (χ0n) is 10.6. The van der Waals surface area contributed by atoms with Gasteiger partial charge < -0.3 is 10.1 Å². The molecular weight excluding hydrogens is 326 g/mol. The predicted molar refractivity (Wildman–Crippen MR) is 84.3 cm³/mol. The Balaban J connectivity index is 1.79. The predicted octanol–water partition coefficient (Wildman–Crippen LogP) is 4.90. The number of anilines is 1. The van der Waals surface area contributed by atoms with Gasteiger partial charge in [0.2, 0.25) is 0 Å². The van der Waals surface area contributed by atoms with Gasteiger partial charge in [0.1, 0.15) is 12.4 Å². The molecule has 2 aromatic rings. The second-order valence-electron chi connectivity index (χ2n) is 4.21. The van der Waals surface area contributed by atoms with Crippen molar-refractivity contribution in [2.45, 2.75) is 6.92 Å². The van der Waals surface area contributed by atoms with Gasteiger partial charge in [0.05, 0.1) is 10.7 Å². The van der Waals surface area contributed by atoms with E-state index >= 15 is 0 Å². The number of hydrogen-bond donors (Lipinski definition) is 1. The molecule has 0 aromatic heterocycles. The summed E-state index contributed by atoms with van der Waals surface area (Å²) in [4.78, 5) is 0. The second kappa shape index (κ2) is 6.83. The van der Waals surface area contributed by atoms with E-state index in [9.17, 15) is 0 Å². The summed E-state index contributed by atoms with van der Waals surface area (Å²) >= 11 is 9.52. The molecule has 0 amide bonds. The molecule has 0 bridgehead atoms. The van der Waals surface area contributed by atoms with Gasteiger partial charge in [0, 0.05) is 11.0 Å². The summed E-state index contributed by atoms with van der Waals surface area (Å²) in [5, 5.41) is 4.00. The lowest BCUT2D eigenvalue weighted by Gasteiger charge is -2.10. The van der Waals surface area contributed by atoms with Crippen molar-refractivity contribution in [2.24, 2.45) is 0 Å². The Morgan fingerprint density at radius 2 is 1.89 bits per heavy atom. The maximum atomic E-state index is 6.13. The van der Waals surface area contributed by atoms with E-state index in [1.165, 1.54) is 0 Å². The van der Waals surface area contributed by atoms with Crippen LogP contribution < -0.4 is 10.1 Å². The Labute approximate surface area is 126 Å². The van der Waals surface area contributed by atoms with E-state index < -0.39 is 0 Å². The maximum Gasteiger partial charge on any atom is 0.119 e. The summed E-state index contributed by atoms with van der Waals surface area (Å²) in [5.74, 6) is 0.861. The van der Waals surface area contributed by atoms with Gasteiger partial charge in [-0.3, -0.25) is 0 Å². The van der Waals surface area contributed by atoms with Gasteiger partial charge in [-0.2, -0.15) is 0 Å². The average molecular weight is 341 g/mol. The summed E-state index contributed by atoms with van der Waals surface area (Å²) < 4.78 is 6.67. The fourth-order valence-electron chi connectivity index (χ4n) is 1.65. The molecule has 0 spiro atoms. The Morgan fingerprint density at radius 1 is 1.16 bits per heavy atom. The number of rotatable bonds is 5. The van der Waals surface area contributed by atoms with Gasteiger partial charge in [0.15, 0.2) is 0 Å². The minimum atomic E-state index is 0.589. The normalized spacial score (nSPS) is 10.3. The fraction of sp³-hybridized carbons (Fsp3) is 0.200. The molecule has 0 radical (unpaired) electrons. The van der Waals surface area contributed by atoms with Crippen molar-refractivity contribution < 1.29 is 4.74 Å². The molecule has 0 atom stereocenters. The van der Waals surface area contributed by atoms with Gasteiger partial charge in [-0.1, -0.05) is 33.6 Å². The highest BCUT2D eigenvalue weighted by Crippen LogP contribution is 2.22. The van der Waals surface area contributed by atoms with Gasteiger partial charge in [-0.25, -0.2) is 0 Å². The van der Waals surface area contributed by atoms with Crippen molar-refractivity contribution in [2.75, 3.05) is 18.5 Å². The van der Waals surface area contributed by atoms with Crippen molar-refractivity contribution in [1.29, 1.82) is 0 Å². The van der Waals surface area contributed by atoms with Crippen LogP contribution in [-0.2, 0) is 0 Å². The number of ether oxygens (including phenoxy) is 1. The first-order valence-electron chi connectivity index (χ1n) is 6.03. The molecule has 0 heterocycles. The van der Waals surface area contributed by atoms with Gasteiger partial charge >= 0.3 is 0 Å². The lowest BCUT2D eigenvalue weighted by Crippen LogP contribution is -2.11. The van der Waals surface area contributed by atoms with Crippen LogP contribution in [-0.4, -0.2) is 13.2 Å². The third-order valence-electron chi connectivity index (χ3n) is 2.62. The van der Waals surface area contributed by atoms with E-state index in [1.54, 1.807) is 0 Å². The Kier molecular flexibility index (Phi) is 5.11. The summed E-state index contributed by atoms with van der Waals surface area (Å²) in [7, 11) is 0. The first kappa shape index (κ1) is 14.2. The van der Waals surface area contributed by atoms with Crippen LogP contribution in [0.1, 0.15) is 5.56 Å². The van der Waals surface area contributed by atoms with Crippen molar-refractivity contribution in [3.8, 4) is 5.75 Å². The zero-order chi connectivity index (χ0) is 13.7. The van der Waals surface area contributed by atoms with Gasteiger partial charge in [0.25, 0.3) is 0 Å². The van der Waals surface area contributed by atoms with E-state index in [0.717, 1.165) is 26.5 Å². The second-order valence-corrected chi connectivity index (χ2v) is 5.54. The lowest BCUT2D eigenvalue weighted by atomic mass is 10.2. The van der Waals surface area contributed by atoms with Crippen LogP contribution in [0, 0.1) is 6.92 Å². The molecule has 100 valence electrons. The van der Waals surface area contributed by atoms with E-state index in [4.69, 9.17) is 16.3 Å². The largest absolute Gasteiger partial charge is 0.492 e. The van der Waals surface area contributed by atoms with E-state index in [1.807, 2.05) is 49.4 Å². The Morgan fingerprint density at radius 3 is 2.58 bits per heavy atom. The highest BCUT2D eigenvalue weighted by Gasteiger charge is 1.99. The zero-order valence-corrected chi connectivity index (χ0v) is 13.0. The quantitative estimate of drug-likeness (QED) is 0.782. The molecule has 0 fully saturated rings. The lowest BCUT2D eigenvalue weighted by molar-refractivity contribution is 0.333. The first-order chi connectivity index (χ1) is 9.15. The molecule has 2 nitrogen and oxygen atoms in total. The minimum Gasteiger partial charge on any atom is -0.492 e.